The van der Waals surface area contributed by atoms with Crippen LogP contribution >= 0.6 is 22.9 Å². The van der Waals surface area contributed by atoms with E-state index < -0.39 is 0 Å². The summed E-state index contributed by atoms with van der Waals surface area (Å²) < 4.78 is 11.0. The van der Waals surface area contributed by atoms with Crippen molar-refractivity contribution in [1.29, 1.82) is 0 Å². The van der Waals surface area contributed by atoms with Crippen molar-refractivity contribution in [2.24, 2.45) is 0 Å². The van der Waals surface area contributed by atoms with Gasteiger partial charge >= 0.3 is 0 Å². The second-order valence-corrected chi connectivity index (χ2v) is 5.10. The van der Waals surface area contributed by atoms with Crippen molar-refractivity contribution in [3.05, 3.63) is 46.2 Å². The van der Waals surface area contributed by atoms with E-state index in [2.05, 4.69) is 17.5 Å². The molecule has 2 aromatic rings. The molecule has 0 aliphatic rings. The second kappa shape index (κ2) is 6.66. The Morgan fingerprint density at radius 1 is 1.22 bits per heavy atom. The van der Waals surface area contributed by atoms with Gasteiger partial charge in [0, 0.05) is 17.2 Å². The van der Waals surface area contributed by atoms with Crippen LogP contribution in [0.5, 0.6) is 11.5 Å². The second-order valence-electron chi connectivity index (χ2n) is 3.80. The molecule has 1 heterocycles. The normalized spacial score (nSPS) is 10.3. The van der Waals surface area contributed by atoms with Gasteiger partial charge in [0.15, 0.2) is 11.5 Å². The Bertz CT molecular complexity index is 483. The van der Waals surface area contributed by atoms with Crippen molar-refractivity contribution in [1.82, 2.24) is 0 Å². The number of thiophene rings is 1. The van der Waals surface area contributed by atoms with Crippen LogP contribution in [0.2, 0.25) is 0 Å². The maximum absolute atomic E-state index is 5.79. The maximum atomic E-state index is 5.79. The molecule has 0 aliphatic heterocycles. The highest BCUT2D eigenvalue weighted by Crippen LogP contribution is 2.28. The van der Waals surface area contributed by atoms with Crippen LogP contribution in [0, 0.1) is 0 Å². The minimum Gasteiger partial charge on any atom is -0.493 e. The molecule has 0 N–H and O–H groups in total. The van der Waals surface area contributed by atoms with E-state index in [0.717, 1.165) is 23.5 Å². The third kappa shape index (κ3) is 3.40. The molecule has 0 atom stereocenters. The first-order chi connectivity index (χ1) is 8.83. The van der Waals surface area contributed by atoms with Gasteiger partial charge in [-0.15, -0.1) is 22.9 Å². The molecule has 0 bridgehead atoms. The van der Waals surface area contributed by atoms with Crippen LogP contribution in [0.4, 0.5) is 0 Å². The van der Waals surface area contributed by atoms with Gasteiger partial charge in [0.2, 0.25) is 0 Å². The highest BCUT2D eigenvalue weighted by molar-refractivity contribution is 7.09. The van der Waals surface area contributed by atoms with Crippen LogP contribution in [0.25, 0.3) is 0 Å². The molecular weight excluding hydrogens is 268 g/mol. The van der Waals surface area contributed by atoms with E-state index in [1.165, 1.54) is 4.88 Å². The van der Waals surface area contributed by atoms with Gasteiger partial charge in [-0.05, 0) is 29.1 Å². The zero-order valence-electron chi connectivity index (χ0n) is 10.2. The molecule has 0 saturated carbocycles. The maximum Gasteiger partial charge on any atom is 0.161 e. The van der Waals surface area contributed by atoms with E-state index in [1.807, 2.05) is 18.2 Å². The quantitative estimate of drug-likeness (QED) is 0.742. The van der Waals surface area contributed by atoms with Gasteiger partial charge in [-0.1, -0.05) is 12.1 Å². The fraction of sp³-hybridized carbons (Fsp3) is 0.286. The highest BCUT2D eigenvalue weighted by Gasteiger charge is 2.05. The highest BCUT2D eigenvalue weighted by atomic mass is 35.5. The first kappa shape index (κ1) is 13.2. The van der Waals surface area contributed by atoms with Crippen LogP contribution in [0.1, 0.15) is 10.4 Å². The van der Waals surface area contributed by atoms with Crippen molar-refractivity contribution in [3.63, 3.8) is 0 Å². The van der Waals surface area contributed by atoms with E-state index >= 15 is 0 Å². The summed E-state index contributed by atoms with van der Waals surface area (Å²) in [6, 6.07) is 9.94. The molecule has 2 rings (SSSR count). The summed E-state index contributed by atoms with van der Waals surface area (Å²) in [4.78, 5) is 1.33. The van der Waals surface area contributed by atoms with Crippen LogP contribution in [-0.4, -0.2) is 13.7 Å². The molecule has 1 aromatic carbocycles. The minimum atomic E-state index is 0.478. The number of benzene rings is 1. The molecule has 18 heavy (non-hydrogen) atoms. The van der Waals surface area contributed by atoms with Gasteiger partial charge < -0.3 is 9.47 Å². The van der Waals surface area contributed by atoms with E-state index in [9.17, 15) is 0 Å². The number of methoxy groups -OCH3 is 1. The lowest BCUT2D eigenvalue weighted by Gasteiger charge is -2.11. The van der Waals surface area contributed by atoms with E-state index in [1.54, 1.807) is 18.4 Å². The predicted octanol–water partition coefficient (Wildman–Crippen LogP) is 4.12. The van der Waals surface area contributed by atoms with Gasteiger partial charge in [0.25, 0.3) is 0 Å². The Morgan fingerprint density at radius 2 is 2.11 bits per heavy atom. The lowest BCUT2D eigenvalue weighted by atomic mass is 10.2. The number of alkyl halides is 1. The van der Waals surface area contributed by atoms with Crippen LogP contribution in [-0.2, 0) is 12.3 Å². The summed E-state index contributed by atoms with van der Waals surface area (Å²) in [7, 11) is 1.64. The standard InChI is InChI=1S/C14H15ClO2S/c1-16-14-9-11(10-15)4-5-13(14)17-7-6-12-3-2-8-18-12/h2-5,8-9H,6-7,10H2,1H3. The Balaban J connectivity index is 1.96. The average molecular weight is 283 g/mol. The lowest BCUT2D eigenvalue weighted by molar-refractivity contribution is 0.298. The van der Waals surface area contributed by atoms with Crippen molar-refractivity contribution < 1.29 is 9.47 Å². The molecule has 0 saturated heterocycles. The van der Waals surface area contributed by atoms with Crippen molar-refractivity contribution >= 4 is 22.9 Å². The van der Waals surface area contributed by atoms with Gasteiger partial charge in [-0.25, -0.2) is 0 Å². The Morgan fingerprint density at radius 3 is 2.78 bits per heavy atom. The summed E-state index contributed by atoms with van der Waals surface area (Å²) in [5.74, 6) is 1.98. The average Bonchev–Trinajstić information content (AvgIpc) is 2.92. The fourth-order valence-electron chi connectivity index (χ4n) is 1.63. The smallest absolute Gasteiger partial charge is 0.161 e. The number of halogens is 1. The van der Waals surface area contributed by atoms with E-state index in [-0.39, 0.29) is 0 Å². The van der Waals surface area contributed by atoms with Crippen LogP contribution in [0.15, 0.2) is 35.7 Å². The SMILES string of the molecule is COc1cc(CCl)ccc1OCCc1cccs1. The van der Waals surface area contributed by atoms with Gasteiger partial charge in [0.05, 0.1) is 13.7 Å². The Kier molecular flexibility index (Phi) is 4.90. The van der Waals surface area contributed by atoms with Crippen LogP contribution < -0.4 is 9.47 Å². The molecule has 0 radical (unpaired) electrons. The summed E-state index contributed by atoms with van der Waals surface area (Å²) in [5, 5.41) is 2.07. The molecule has 96 valence electrons. The fourth-order valence-corrected chi connectivity index (χ4v) is 2.49. The largest absolute Gasteiger partial charge is 0.493 e. The van der Waals surface area contributed by atoms with Gasteiger partial charge in [-0.2, -0.15) is 0 Å². The lowest BCUT2D eigenvalue weighted by Crippen LogP contribution is -2.01. The number of ether oxygens (including phenoxy) is 2. The van der Waals surface area contributed by atoms with E-state index in [4.69, 9.17) is 21.1 Å². The molecule has 0 spiro atoms. The molecule has 0 aliphatic carbocycles. The molecular formula is C14H15ClO2S. The monoisotopic (exact) mass is 282 g/mol. The van der Waals surface area contributed by atoms with E-state index in [0.29, 0.717) is 12.5 Å². The minimum absolute atomic E-state index is 0.478. The summed E-state index contributed by atoms with van der Waals surface area (Å²) in [5.41, 5.74) is 1.03. The van der Waals surface area contributed by atoms with Crippen molar-refractivity contribution in [2.75, 3.05) is 13.7 Å². The molecule has 0 amide bonds. The number of hydrogen-bond acceptors (Lipinski definition) is 3. The Hall–Kier alpha value is -1.19. The summed E-state index contributed by atoms with van der Waals surface area (Å²) >= 11 is 7.53. The predicted molar refractivity (Wildman–Crippen MR) is 76.1 cm³/mol. The number of hydrogen-bond donors (Lipinski definition) is 0. The topological polar surface area (TPSA) is 18.5 Å². The molecule has 0 fully saturated rings. The molecule has 2 nitrogen and oxygen atoms in total. The van der Waals surface area contributed by atoms with Crippen LogP contribution in [0.3, 0.4) is 0 Å². The van der Waals surface area contributed by atoms with Gasteiger partial charge in [-0.3, -0.25) is 0 Å². The van der Waals surface area contributed by atoms with Crippen molar-refractivity contribution in [2.45, 2.75) is 12.3 Å². The first-order valence-corrected chi connectivity index (χ1v) is 7.13. The summed E-state index contributed by atoms with van der Waals surface area (Å²) in [6.07, 6.45) is 0.915. The molecule has 4 heteroatoms. The third-order valence-electron chi connectivity index (χ3n) is 2.57. The third-order valence-corrected chi connectivity index (χ3v) is 3.81. The Labute approximate surface area is 116 Å². The van der Waals surface area contributed by atoms with Crippen molar-refractivity contribution in [3.8, 4) is 11.5 Å². The first-order valence-electron chi connectivity index (χ1n) is 5.71. The molecule has 0 unspecified atom stereocenters. The zero-order chi connectivity index (χ0) is 12.8. The van der Waals surface area contributed by atoms with Gasteiger partial charge in [0.1, 0.15) is 0 Å². The molecule has 1 aromatic heterocycles. The number of rotatable bonds is 6. The zero-order valence-corrected chi connectivity index (χ0v) is 11.8. The summed E-state index contributed by atoms with van der Waals surface area (Å²) in [6.45, 7) is 0.650.